The molecule has 110 valence electrons. The van der Waals surface area contributed by atoms with Gasteiger partial charge in [-0.15, -0.1) is 0 Å². The van der Waals surface area contributed by atoms with Crippen LogP contribution in [0.15, 0.2) is 12.2 Å². The van der Waals surface area contributed by atoms with Crippen LogP contribution >= 0.6 is 0 Å². The van der Waals surface area contributed by atoms with Crippen LogP contribution in [0.25, 0.3) is 0 Å². The first-order chi connectivity index (χ1) is 9.34. The highest BCUT2D eigenvalue weighted by Gasteiger charge is 2.12. The lowest BCUT2D eigenvalue weighted by atomic mass is 10.1. The van der Waals surface area contributed by atoms with Gasteiger partial charge >= 0.3 is 0 Å². The molecule has 1 amide bonds. The van der Waals surface area contributed by atoms with E-state index in [0.29, 0.717) is 12.3 Å². The molecule has 0 N–H and O–H groups in total. The molecule has 0 aromatic carbocycles. The first-order valence-electron chi connectivity index (χ1n) is 8.27. The second-order valence-electron chi connectivity index (χ2n) is 5.67. The van der Waals surface area contributed by atoms with Crippen LogP contribution in [0.1, 0.15) is 77.6 Å². The molecule has 1 aliphatic heterocycles. The van der Waals surface area contributed by atoms with E-state index in [0.717, 1.165) is 19.5 Å². The predicted octanol–water partition coefficient (Wildman–Crippen LogP) is 4.70. The highest BCUT2D eigenvalue weighted by atomic mass is 16.2. The number of amides is 1. The van der Waals surface area contributed by atoms with E-state index in [9.17, 15) is 4.79 Å². The van der Waals surface area contributed by atoms with Gasteiger partial charge in [-0.25, -0.2) is 0 Å². The van der Waals surface area contributed by atoms with Crippen LogP contribution in [0.5, 0.6) is 0 Å². The van der Waals surface area contributed by atoms with Gasteiger partial charge in [-0.05, 0) is 25.7 Å². The van der Waals surface area contributed by atoms with Gasteiger partial charge < -0.3 is 4.90 Å². The summed E-state index contributed by atoms with van der Waals surface area (Å²) in [5, 5.41) is 0. The molecular formula is C17H31NO. The number of hydrogen-bond donors (Lipinski definition) is 0. The lowest BCUT2D eigenvalue weighted by Crippen LogP contribution is -2.33. The van der Waals surface area contributed by atoms with E-state index in [1.807, 2.05) is 0 Å². The molecule has 0 aromatic heterocycles. The lowest BCUT2D eigenvalue weighted by molar-refractivity contribution is -0.130. The molecule has 2 nitrogen and oxygen atoms in total. The van der Waals surface area contributed by atoms with Crippen molar-refractivity contribution in [3.8, 4) is 0 Å². The smallest absolute Gasteiger partial charge is 0.226 e. The second-order valence-corrected chi connectivity index (χ2v) is 5.67. The van der Waals surface area contributed by atoms with Gasteiger partial charge in [0, 0.05) is 19.5 Å². The maximum atomic E-state index is 12.1. The minimum Gasteiger partial charge on any atom is -0.342 e. The molecule has 1 fully saturated rings. The van der Waals surface area contributed by atoms with Gasteiger partial charge in [-0.3, -0.25) is 4.79 Å². The Balaban J connectivity index is 2.12. The zero-order chi connectivity index (χ0) is 13.8. The molecule has 0 aliphatic carbocycles. The van der Waals surface area contributed by atoms with Crippen molar-refractivity contribution in [3.63, 3.8) is 0 Å². The second kappa shape index (κ2) is 11.1. The standard InChI is InChI=1S/C17H31NO/c1-2-3-4-5-6-8-11-14-17(19)18-15-12-9-7-10-13-16-18/h8,11H,2-7,9-10,12-16H2,1H3/b11-8+. The third-order valence-corrected chi connectivity index (χ3v) is 3.89. The molecule has 0 unspecified atom stereocenters. The first kappa shape index (κ1) is 16.3. The maximum absolute atomic E-state index is 12.1. The van der Waals surface area contributed by atoms with Gasteiger partial charge in [0.2, 0.25) is 5.91 Å². The fourth-order valence-corrected chi connectivity index (χ4v) is 2.62. The summed E-state index contributed by atoms with van der Waals surface area (Å²) in [6.45, 7) is 4.18. The van der Waals surface area contributed by atoms with E-state index < -0.39 is 0 Å². The third kappa shape index (κ3) is 8.07. The molecule has 0 spiro atoms. The first-order valence-corrected chi connectivity index (χ1v) is 8.27. The number of likely N-dealkylation sites (tertiary alicyclic amines) is 1. The van der Waals surface area contributed by atoms with Crippen molar-refractivity contribution in [1.29, 1.82) is 0 Å². The fourth-order valence-electron chi connectivity index (χ4n) is 2.62. The molecule has 1 saturated heterocycles. The number of unbranched alkanes of at least 4 members (excludes halogenated alkanes) is 4. The van der Waals surface area contributed by atoms with Crippen molar-refractivity contribution in [2.45, 2.75) is 77.6 Å². The van der Waals surface area contributed by atoms with E-state index in [1.54, 1.807) is 0 Å². The average Bonchev–Trinajstić information content (AvgIpc) is 2.37. The summed E-state index contributed by atoms with van der Waals surface area (Å²) >= 11 is 0. The van der Waals surface area contributed by atoms with E-state index in [4.69, 9.17) is 0 Å². The highest BCUT2D eigenvalue weighted by molar-refractivity contribution is 5.77. The average molecular weight is 265 g/mol. The van der Waals surface area contributed by atoms with Gasteiger partial charge in [0.15, 0.2) is 0 Å². The maximum Gasteiger partial charge on any atom is 0.226 e. The molecule has 0 atom stereocenters. The van der Waals surface area contributed by atoms with E-state index in [1.165, 1.54) is 57.8 Å². The minimum absolute atomic E-state index is 0.326. The molecule has 1 rings (SSSR count). The number of carbonyl (C=O) groups excluding carboxylic acids is 1. The number of hydrogen-bond acceptors (Lipinski definition) is 1. The summed E-state index contributed by atoms with van der Waals surface area (Å²) in [5.41, 5.74) is 0. The van der Waals surface area contributed by atoms with Crippen LogP contribution in [-0.2, 0) is 4.79 Å². The quantitative estimate of drug-likeness (QED) is 0.483. The van der Waals surface area contributed by atoms with Crippen molar-refractivity contribution in [2.75, 3.05) is 13.1 Å². The molecule has 2 heteroatoms. The number of nitrogens with zero attached hydrogens (tertiary/aromatic N) is 1. The lowest BCUT2D eigenvalue weighted by Gasteiger charge is -2.24. The topological polar surface area (TPSA) is 20.3 Å². The molecule has 0 radical (unpaired) electrons. The van der Waals surface area contributed by atoms with Crippen molar-refractivity contribution in [3.05, 3.63) is 12.2 Å². The van der Waals surface area contributed by atoms with Crippen molar-refractivity contribution in [1.82, 2.24) is 4.90 Å². The monoisotopic (exact) mass is 265 g/mol. The van der Waals surface area contributed by atoms with Crippen LogP contribution in [0.4, 0.5) is 0 Å². The summed E-state index contributed by atoms with van der Waals surface area (Å²) in [7, 11) is 0. The summed E-state index contributed by atoms with van der Waals surface area (Å²) in [5.74, 6) is 0.326. The Hall–Kier alpha value is -0.790. The van der Waals surface area contributed by atoms with Crippen LogP contribution in [-0.4, -0.2) is 23.9 Å². The summed E-state index contributed by atoms with van der Waals surface area (Å²) in [4.78, 5) is 14.1. The molecule has 0 saturated carbocycles. The summed E-state index contributed by atoms with van der Waals surface area (Å²) < 4.78 is 0. The Morgan fingerprint density at radius 2 is 1.63 bits per heavy atom. The van der Waals surface area contributed by atoms with Crippen molar-refractivity contribution >= 4 is 5.91 Å². The zero-order valence-electron chi connectivity index (χ0n) is 12.7. The number of rotatable bonds is 7. The summed E-state index contributed by atoms with van der Waals surface area (Å²) in [6, 6.07) is 0. The third-order valence-electron chi connectivity index (χ3n) is 3.89. The molecule has 0 aromatic rings. The Labute approximate surface area is 119 Å². The van der Waals surface area contributed by atoms with Crippen LogP contribution in [0.2, 0.25) is 0 Å². The van der Waals surface area contributed by atoms with Crippen LogP contribution in [0, 0.1) is 0 Å². The Bertz CT molecular complexity index is 252. The highest BCUT2D eigenvalue weighted by Crippen LogP contribution is 2.11. The van der Waals surface area contributed by atoms with E-state index in [2.05, 4.69) is 24.0 Å². The van der Waals surface area contributed by atoms with Gasteiger partial charge in [0.05, 0.1) is 0 Å². The Morgan fingerprint density at radius 1 is 0.947 bits per heavy atom. The van der Waals surface area contributed by atoms with Crippen LogP contribution in [0.3, 0.4) is 0 Å². The van der Waals surface area contributed by atoms with E-state index >= 15 is 0 Å². The molecule has 0 bridgehead atoms. The molecule has 1 aliphatic rings. The molecule has 1 heterocycles. The minimum atomic E-state index is 0.326. The Kier molecular flexibility index (Phi) is 9.48. The summed E-state index contributed by atoms with van der Waals surface area (Å²) in [6.07, 6.45) is 17.5. The number of carbonyl (C=O) groups is 1. The van der Waals surface area contributed by atoms with Gasteiger partial charge in [-0.2, -0.15) is 0 Å². The van der Waals surface area contributed by atoms with E-state index in [-0.39, 0.29) is 0 Å². The molecular weight excluding hydrogens is 234 g/mol. The number of allylic oxidation sites excluding steroid dienone is 1. The molecule has 19 heavy (non-hydrogen) atoms. The predicted molar refractivity (Wildman–Crippen MR) is 82.2 cm³/mol. The largest absolute Gasteiger partial charge is 0.342 e. The SMILES string of the molecule is CCCCCC/C=C/CC(=O)N1CCCCCCC1. The fraction of sp³-hybridized carbons (Fsp3) is 0.824. The van der Waals surface area contributed by atoms with Gasteiger partial charge in [0.25, 0.3) is 0 Å². The van der Waals surface area contributed by atoms with Gasteiger partial charge in [0.1, 0.15) is 0 Å². The van der Waals surface area contributed by atoms with Gasteiger partial charge in [-0.1, -0.05) is 57.6 Å². The zero-order valence-corrected chi connectivity index (χ0v) is 12.7. The normalized spacial score (nSPS) is 17.4. The van der Waals surface area contributed by atoms with Crippen molar-refractivity contribution < 1.29 is 4.79 Å². The Morgan fingerprint density at radius 3 is 2.32 bits per heavy atom. The van der Waals surface area contributed by atoms with Crippen molar-refractivity contribution in [2.24, 2.45) is 0 Å². The van der Waals surface area contributed by atoms with Crippen LogP contribution < -0.4 is 0 Å².